The average molecular weight is 359 g/mol. The number of rotatable bonds is 5. The van der Waals surface area contributed by atoms with Crippen molar-refractivity contribution in [2.75, 3.05) is 13.3 Å². The minimum atomic E-state index is -1.83. The van der Waals surface area contributed by atoms with Gasteiger partial charge in [0.2, 0.25) is 11.9 Å². The number of hydrogen-bond donors (Lipinski definition) is 1. The van der Waals surface area contributed by atoms with Gasteiger partial charge in [0.1, 0.15) is 19.1 Å². The van der Waals surface area contributed by atoms with Crippen LogP contribution in [0.5, 0.6) is 5.75 Å². The molecule has 0 amide bonds. The number of halogens is 2. The maximum Gasteiger partial charge on any atom is 0.270 e. The second-order valence-electron chi connectivity index (χ2n) is 5.57. The van der Waals surface area contributed by atoms with Crippen LogP contribution >= 0.6 is 0 Å². The monoisotopic (exact) mass is 359 g/mol. The fourth-order valence-corrected chi connectivity index (χ4v) is 2.69. The summed E-state index contributed by atoms with van der Waals surface area (Å²) >= 11 is 0. The Morgan fingerprint density at radius 1 is 1.31 bits per heavy atom. The molecule has 1 aliphatic heterocycles. The average Bonchev–Trinajstić information content (AvgIpc) is 2.67. The molecular formula is C17H13F2N4O3+. The zero-order valence-electron chi connectivity index (χ0n) is 13.4. The normalized spacial score (nSPS) is 14.5. The highest BCUT2D eigenvalue weighted by Gasteiger charge is 2.39. The molecule has 0 bridgehead atoms. The summed E-state index contributed by atoms with van der Waals surface area (Å²) < 4.78 is 33.9. The Morgan fingerprint density at radius 3 is 2.73 bits per heavy atom. The Hall–Kier alpha value is -3.45. The molecule has 0 radical (unpaired) electrons. The van der Waals surface area contributed by atoms with E-state index in [-0.39, 0.29) is 11.4 Å². The van der Waals surface area contributed by atoms with Crippen molar-refractivity contribution in [2.24, 2.45) is 5.10 Å². The first-order valence-corrected chi connectivity index (χ1v) is 7.50. The number of nitrogens with zero attached hydrogens (tertiary/aromatic N) is 3. The van der Waals surface area contributed by atoms with Gasteiger partial charge in [-0.05, 0) is 22.9 Å². The zero-order chi connectivity index (χ0) is 18.7. The van der Waals surface area contributed by atoms with Crippen molar-refractivity contribution in [1.82, 2.24) is 0 Å². The molecular weight excluding hydrogens is 346 g/mol. The van der Waals surface area contributed by atoms with Crippen molar-refractivity contribution in [3.05, 3.63) is 70.0 Å². The molecule has 1 aromatic carbocycles. The third kappa shape index (κ3) is 2.96. The number of fused-ring (bicyclic) bond motifs is 1. The molecule has 1 aromatic heterocycles. The van der Waals surface area contributed by atoms with Crippen molar-refractivity contribution >= 4 is 17.3 Å². The second-order valence-corrected chi connectivity index (χ2v) is 5.57. The van der Waals surface area contributed by atoms with Gasteiger partial charge < -0.3 is 4.74 Å². The van der Waals surface area contributed by atoms with Crippen LogP contribution in [-0.4, -0.2) is 29.9 Å². The van der Waals surface area contributed by atoms with Gasteiger partial charge in [-0.2, -0.15) is 0 Å². The predicted octanol–water partition coefficient (Wildman–Crippen LogP) is 2.90. The Labute approximate surface area is 146 Å². The lowest BCUT2D eigenvalue weighted by Crippen LogP contribution is -2.42. The highest BCUT2D eigenvalue weighted by Crippen LogP contribution is 2.40. The summed E-state index contributed by atoms with van der Waals surface area (Å²) in [6, 6.07) is 10.6. The molecule has 1 aliphatic rings. The maximum absolute atomic E-state index is 13.6. The number of nitrogens with one attached hydrogen (secondary N) is 1. The molecule has 7 nitrogen and oxygen atoms in total. The van der Waals surface area contributed by atoms with Crippen LogP contribution in [0.25, 0.3) is 5.57 Å². The van der Waals surface area contributed by atoms with Crippen LogP contribution in [-0.2, 0) is 0 Å². The van der Waals surface area contributed by atoms with Crippen molar-refractivity contribution in [3.8, 4) is 5.75 Å². The van der Waals surface area contributed by atoms with E-state index >= 15 is 0 Å². The number of hydrogen-bond acceptors (Lipinski definition) is 5. The van der Waals surface area contributed by atoms with E-state index in [0.29, 0.717) is 16.8 Å². The molecule has 2 aromatic rings. The number of non-ortho nitro benzene ring substituents is 1. The first kappa shape index (κ1) is 17.4. The summed E-state index contributed by atoms with van der Waals surface area (Å²) in [6.07, 6.45) is 2.78. The van der Waals surface area contributed by atoms with Gasteiger partial charge in [0.05, 0.1) is 15.6 Å². The van der Waals surface area contributed by atoms with Gasteiger partial charge in [0.25, 0.3) is 5.69 Å². The standard InChI is InChI=1S/C17H13F2N4O3/c18-9-17(10-19)8-14(15-3-1-2-6-22(15)21-11-20)13-7-12(23(24)25)4-5-16(13)26-17/h1-8,20H,9-10H2/q+1. The molecule has 0 aliphatic carbocycles. The Morgan fingerprint density at radius 2 is 2.08 bits per heavy atom. The molecule has 0 unspecified atom stereocenters. The van der Waals surface area contributed by atoms with Crippen LogP contribution < -0.4 is 9.41 Å². The molecule has 26 heavy (non-hydrogen) atoms. The summed E-state index contributed by atoms with van der Waals surface area (Å²) in [5.41, 5.74) is -1.03. The quantitative estimate of drug-likeness (QED) is 0.385. The Kier molecular flexibility index (Phi) is 4.55. The van der Waals surface area contributed by atoms with Crippen molar-refractivity contribution in [2.45, 2.75) is 5.60 Å². The van der Waals surface area contributed by atoms with Gasteiger partial charge in [0.15, 0.2) is 11.6 Å². The van der Waals surface area contributed by atoms with Gasteiger partial charge >= 0.3 is 0 Å². The van der Waals surface area contributed by atoms with Crippen LogP contribution in [0, 0.1) is 15.5 Å². The molecule has 0 spiro atoms. The highest BCUT2D eigenvalue weighted by atomic mass is 19.1. The maximum atomic E-state index is 13.6. The third-order valence-corrected chi connectivity index (χ3v) is 3.91. The van der Waals surface area contributed by atoms with Crippen molar-refractivity contribution in [1.29, 1.82) is 5.41 Å². The minimum Gasteiger partial charge on any atom is -0.477 e. The lowest BCUT2D eigenvalue weighted by Gasteiger charge is -2.31. The van der Waals surface area contributed by atoms with Gasteiger partial charge in [-0.1, -0.05) is 0 Å². The molecule has 1 N–H and O–H groups in total. The summed E-state index contributed by atoms with van der Waals surface area (Å²) in [6.45, 7) is -2.24. The van der Waals surface area contributed by atoms with Crippen LogP contribution in [0.1, 0.15) is 11.3 Å². The fourth-order valence-electron chi connectivity index (χ4n) is 2.69. The second kappa shape index (κ2) is 6.81. The van der Waals surface area contributed by atoms with Crippen molar-refractivity contribution in [3.63, 3.8) is 0 Å². The van der Waals surface area contributed by atoms with Gasteiger partial charge in [-0.15, -0.1) is 0 Å². The first-order valence-electron chi connectivity index (χ1n) is 7.50. The number of nitro benzene ring substituents is 1. The summed E-state index contributed by atoms with van der Waals surface area (Å²) in [7, 11) is 0. The lowest BCUT2D eigenvalue weighted by atomic mass is 9.91. The molecule has 0 saturated carbocycles. The van der Waals surface area contributed by atoms with Crippen LogP contribution in [0.4, 0.5) is 14.5 Å². The first-order chi connectivity index (χ1) is 12.5. The highest BCUT2D eigenvalue weighted by molar-refractivity contribution is 5.83. The molecule has 0 atom stereocenters. The zero-order valence-corrected chi connectivity index (χ0v) is 13.4. The molecule has 2 heterocycles. The number of benzene rings is 1. The summed E-state index contributed by atoms with van der Waals surface area (Å²) in [5.74, 6) is 0.123. The lowest BCUT2D eigenvalue weighted by molar-refractivity contribution is -0.680. The fraction of sp³-hybridized carbons (Fsp3) is 0.176. The van der Waals surface area contributed by atoms with Gasteiger partial charge in [-0.3, -0.25) is 10.1 Å². The number of aromatic nitrogens is 1. The molecule has 0 saturated heterocycles. The number of alkyl halides is 2. The summed E-state index contributed by atoms with van der Waals surface area (Å²) in [4.78, 5) is 10.5. The molecule has 3 rings (SSSR count). The van der Waals surface area contributed by atoms with Crippen LogP contribution in [0.3, 0.4) is 0 Å². The van der Waals surface area contributed by atoms with E-state index in [1.54, 1.807) is 18.2 Å². The topological polar surface area (TPSA) is 92.5 Å². The third-order valence-electron chi connectivity index (χ3n) is 3.91. The SMILES string of the molecule is N=C=N[n+]1ccccc1C1=CC(CF)(CF)Oc2ccc([N+](=O)[O-])cc21. The molecule has 132 valence electrons. The van der Waals surface area contributed by atoms with E-state index in [0.717, 1.165) is 0 Å². The van der Waals surface area contributed by atoms with Crippen LogP contribution in [0.2, 0.25) is 0 Å². The van der Waals surface area contributed by atoms with E-state index in [1.165, 1.54) is 35.1 Å². The Bertz CT molecular complexity index is 951. The van der Waals surface area contributed by atoms with Crippen molar-refractivity contribution < 1.29 is 23.1 Å². The summed E-state index contributed by atoms with van der Waals surface area (Å²) in [5, 5.41) is 21.9. The molecule has 0 fully saturated rings. The van der Waals surface area contributed by atoms with Crippen LogP contribution in [0.15, 0.2) is 53.8 Å². The minimum absolute atomic E-state index is 0.123. The Balaban J connectivity index is 2.30. The number of ether oxygens (including phenoxy) is 1. The van der Waals surface area contributed by atoms with E-state index in [1.807, 2.05) is 6.01 Å². The predicted molar refractivity (Wildman–Crippen MR) is 87.7 cm³/mol. The largest absolute Gasteiger partial charge is 0.477 e. The van der Waals surface area contributed by atoms with Gasteiger partial charge in [-0.25, -0.2) is 14.2 Å². The number of pyridine rings is 1. The number of nitro groups is 1. The smallest absolute Gasteiger partial charge is 0.270 e. The van der Waals surface area contributed by atoms with E-state index < -0.39 is 23.9 Å². The molecule has 9 heteroatoms. The van der Waals surface area contributed by atoms with E-state index in [9.17, 15) is 18.9 Å². The van der Waals surface area contributed by atoms with E-state index in [2.05, 4.69) is 5.10 Å². The van der Waals surface area contributed by atoms with E-state index in [4.69, 9.17) is 10.1 Å². The van der Waals surface area contributed by atoms with Gasteiger partial charge in [0, 0.05) is 29.8 Å².